The molecule has 1 rings (SSSR count). The van der Waals surface area contributed by atoms with Crippen LogP contribution in [0.1, 0.15) is 52.4 Å². The number of rotatable bonds is 8. The van der Waals surface area contributed by atoms with Crippen LogP contribution in [0.25, 0.3) is 0 Å². The van der Waals surface area contributed by atoms with Gasteiger partial charge >= 0.3 is 0 Å². The topological polar surface area (TPSA) is 34.0 Å². The van der Waals surface area contributed by atoms with Gasteiger partial charge in [-0.15, -0.1) is 0 Å². The van der Waals surface area contributed by atoms with E-state index in [0.717, 1.165) is 25.9 Å². The maximum absolute atomic E-state index is 5.82. The van der Waals surface area contributed by atoms with Gasteiger partial charge < -0.3 is 4.74 Å². The largest absolute Gasteiger partial charge is 0.364 e. The first-order valence-electron chi connectivity index (χ1n) is 7.02. The molecule has 3 heteroatoms. The highest BCUT2D eigenvalue weighted by atomic mass is 16.5. The summed E-state index contributed by atoms with van der Waals surface area (Å²) in [5.41, 5.74) is 0. The van der Waals surface area contributed by atoms with E-state index >= 15 is 0 Å². The molecule has 0 aromatic carbocycles. The Hall–Kier alpha value is -0.700. The Morgan fingerprint density at radius 2 is 1.41 bits per heavy atom. The van der Waals surface area contributed by atoms with E-state index in [1.807, 2.05) is 12.4 Å². The van der Waals surface area contributed by atoms with E-state index in [1.54, 1.807) is 0 Å². The number of hydrogen-bond donors (Lipinski definition) is 0. The Labute approximate surface area is 105 Å². The fraction of sp³-hybridized carbons (Fsp3) is 0.857. The molecule has 0 unspecified atom stereocenters. The van der Waals surface area contributed by atoms with Crippen molar-refractivity contribution in [3.05, 3.63) is 0 Å². The van der Waals surface area contributed by atoms with Crippen molar-refractivity contribution in [1.29, 1.82) is 0 Å². The molecule has 0 aromatic heterocycles. The molecule has 1 heterocycles. The maximum atomic E-state index is 5.82. The molecule has 0 spiro atoms. The summed E-state index contributed by atoms with van der Waals surface area (Å²) < 4.78 is 5.82. The lowest BCUT2D eigenvalue weighted by molar-refractivity contribution is 0.129. The highest BCUT2D eigenvalue weighted by Gasteiger charge is 2.21. The Morgan fingerprint density at radius 3 is 1.82 bits per heavy atom. The van der Waals surface area contributed by atoms with E-state index < -0.39 is 0 Å². The van der Waals surface area contributed by atoms with Gasteiger partial charge in [-0.3, -0.25) is 9.98 Å². The molecule has 0 radical (unpaired) electrons. The van der Waals surface area contributed by atoms with Gasteiger partial charge in [0, 0.05) is 25.5 Å². The third-order valence-corrected chi connectivity index (χ3v) is 2.91. The first kappa shape index (κ1) is 14.4. The second-order valence-corrected chi connectivity index (χ2v) is 4.61. The molecule has 17 heavy (non-hydrogen) atoms. The van der Waals surface area contributed by atoms with Crippen LogP contribution in [0.3, 0.4) is 0 Å². The van der Waals surface area contributed by atoms with Crippen LogP contribution in [-0.4, -0.2) is 37.7 Å². The maximum Gasteiger partial charge on any atom is 0.0931 e. The summed E-state index contributed by atoms with van der Waals surface area (Å²) in [4.78, 5) is 8.79. The summed E-state index contributed by atoms with van der Waals surface area (Å²) in [7, 11) is 0. The molecule has 1 aliphatic rings. The third kappa shape index (κ3) is 6.57. The minimum absolute atomic E-state index is 0.217. The van der Waals surface area contributed by atoms with Gasteiger partial charge in [0.15, 0.2) is 0 Å². The van der Waals surface area contributed by atoms with Crippen molar-refractivity contribution in [3.8, 4) is 0 Å². The molecule has 2 atom stereocenters. The molecule has 0 N–H and O–H groups in total. The molecule has 98 valence electrons. The fourth-order valence-electron chi connectivity index (χ4n) is 1.79. The molecule has 1 fully saturated rings. The van der Waals surface area contributed by atoms with Crippen molar-refractivity contribution >= 4 is 12.4 Å². The van der Waals surface area contributed by atoms with Crippen LogP contribution in [0.5, 0.6) is 0 Å². The third-order valence-electron chi connectivity index (χ3n) is 2.91. The van der Waals surface area contributed by atoms with Crippen molar-refractivity contribution in [2.24, 2.45) is 9.98 Å². The SMILES string of the molecule is CCCC/N=C\[C@@H]1CC[C@H](/C=N\CCCC)O1. The van der Waals surface area contributed by atoms with Gasteiger partial charge in [0.05, 0.1) is 12.2 Å². The highest BCUT2D eigenvalue weighted by Crippen LogP contribution is 2.17. The predicted molar refractivity (Wildman–Crippen MR) is 74.4 cm³/mol. The van der Waals surface area contributed by atoms with Crippen LogP contribution >= 0.6 is 0 Å². The Kier molecular flexibility index (Phi) is 7.89. The van der Waals surface area contributed by atoms with Gasteiger partial charge in [0.2, 0.25) is 0 Å². The van der Waals surface area contributed by atoms with E-state index in [-0.39, 0.29) is 12.2 Å². The normalized spacial score (nSPS) is 25.3. The van der Waals surface area contributed by atoms with Crippen molar-refractivity contribution < 1.29 is 4.74 Å². The van der Waals surface area contributed by atoms with Crippen molar-refractivity contribution in [2.45, 2.75) is 64.6 Å². The fourth-order valence-corrected chi connectivity index (χ4v) is 1.79. The Morgan fingerprint density at radius 1 is 0.941 bits per heavy atom. The summed E-state index contributed by atoms with van der Waals surface area (Å²) in [5, 5.41) is 0. The first-order valence-corrected chi connectivity index (χ1v) is 7.02. The summed E-state index contributed by atoms with van der Waals surface area (Å²) in [6.07, 6.45) is 11.3. The van der Waals surface area contributed by atoms with Crippen LogP contribution in [0, 0.1) is 0 Å². The lowest BCUT2D eigenvalue weighted by atomic mass is 10.2. The van der Waals surface area contributed by atoms with Crippen LogP contribution in [0.2, 0.25) is 0 Å². The standard InChI is InChI=1S/C14H26N2O/c1-3-5-9-15-11-13-7-8-14(17-13)12-16-10-6-4-2/h11-14H,3-10H2,1-2H3/b15-11-,16-12-/t13-,14+. The summed E-state index contributed by atoms with van der Waals surface area (Å²) in [6, 6.07) is 0. The summed E-state index contributed by atoms with van der Waals surface area (Å²) in [5.74, 6) is 0. The smallest absolute Gasteiger partial charge is 0.0931 e. The van der Waals surface area contributed by atoms with E-state index in [2.05, 4.69) is 23.8 Å². The molecule has 3 nitrogen and oxygen atoms in total. The summed E-state index contributed by atoms with van der Waals surface area (Å²) in [6.45, 7) is 6.24. The van der Waals surface area contributed by atoms with Gasteiger partial charge in [-0.25, -0.2) is 0 Å². The molecule has 0 aliphatic carbocycles. The summed E-state index contributed by atoms with van der Waals surface area (Å²) >= 11 is 0. The van der Waals surface area contributed by atoms with E-state index in [4.69, 9.17) is 4.74 Å². The van der Waals surface area contributed by atoms with Gasteiger partial charge in [-0.2, -0.15) is 0 Å². The van der Waals surface area contributed by atoms with Crippen molar-refractivity contribution in [1.82, 2.24) is 0 Å². The Bertz CT molecular complexity index is 214. The molecular weight excluding hydrogens is 212 g/mol. The lowest BCUT2D eigenvalue weighted by Gasteiger charge is -2.05. The van der Waals surface area contributed by atoms with Crippen molar-refractivity contribution in [2.75, 3.05) is 13.1 Å². The second kappa shape index (κ2) is 9.34. The number of unbranched alkanes of at least 4 members (excludes halogenated alkanes) is 2. The lowest BCUT2D eigenvalue weighted by Crippen LogP contribution is -2.13. The quantitative estimate of drug-likeness (QED) is 0.472. The molecule has 0 aromatic rings. The molecular formula is C14H26N2O. The Balaban J connectivity index is 2.14. The average molecular weight is 238 g/mol. The minimum Gasteiger partial charge on any atom is -0.364 e. The molecule has 0 amide bonds. The van der Waals surface area contributed by atoms with E-state index in [9.17, 15) is 0 Å². The van der Waals surface area contributed by atoms with Crippen molar-refractivity contribution in [3.63, 3.8) is 0 Å². The predicted octanol–water partition coefficient (Wildman–Crippen LogP) is 3.28. The minimum atomic E-state index is 0.217. The van der Waals surface area contributed by atoms with Crippen LogP contribution in [0.15, 0.2) is 9.98 Å². The van der Waals surface area contributed by atoms with Crippen LogP contribution < -0.4 is 0 Å². The molecule has 0 saturated carbocycles. The zero-order valence-corrected chi connectivity index (χ0v) is 11.3. The first-order chi connectivity index (χ1) is 8.36. The number of aliphatic imine (C=N–C) groups is 2. The van der Waals surface area contributed by atoms with Gasteiger partial charge in [-0.05, 0) is 25.7 Å². The highest BCUT2D eigenvalue weighted by molar-refractivity contribution is 5.68. The average Bonchev–Trinajstić information content (AvgIpc) is 2.78. The van der Waals surface area contributed by atoms with Gasteiger partial charge in [-0.1, -0.05) is 26.7 Å². The second-order valence-electron chi connectivity index (χ2n) is 4.61. The zero-order valence-electron chi connectivity index (χ0n) is 11.3. The monoisotopic (exact) mass is 238 g/mol. The molecule has 1 aliphatic heterocycles. The molecule has 1 saturated heterocycles. The number of hydrogen-bond acceptors (Lipinski definition) is 3. The molecule has 0 bridgehead atoms. The van der Waals surface area contributed by atoms with E-state index in [1.165, 1.54) is 25.7 Å². The van der Waals surface area contributed by atoms with Crippen LogP contribution in [0.4, 0.5) is 0 Å². The number of ether oxygens (including phenoxy) is 1. The van der Waals surface area contributed by atoms with Gasteiger partial charge in [0.25, 0.3) is 0 Å². The zero-order chi connectivity index (χ0) is 12.3. The van der Waals surface area contributed by atoms with E-state index in [0.29, 0.717) is 0 Å². The number of nitrogens with zero attached hydrogens (tertiary/aromatic N) is 2. The van der Waals surface area contributed by atoms with Gasteiger partial charge in [0.1, 0.15) is 0 Å². The van der Waals surface area contributed by atoms with Crippen LogP contribution in [-0.2, 0) is 4.74 Å².